The zero-order valence-corrected chi connectivity index (χ0v) is 18.6. The lowest BCUT2D eigenvalue weighted by atomic mass is 9.92. The third-order valence-electron chi connectivity index (χ3n) is 5.79. The predicted molar refractivity (Wildman–Crippen MR) is 121 cm³/mol. The molecule has 162 valence electrons. The largest absolute Gasteiger partial charge is 0.384 e. The molecule has 0 bridgehead atoms. The van der Waals surface area contributed by atoms with E-state index in [0.717, 1.165) is 27.7 Å². The minimum atomic E-state index is -1.00. The van der Waals surface area contributed by atoms with Crippen LogP contribution in [-0.2, 0) is 4.79 Å². The van der Waals surface area contributed by atoms with Crippen molar-refractivity contribution in [2.45, 2.75) is 32.3 Å². The van der Waals surface area contributed by atoms with Gasteiger partial charge in [-0.05, 0) is 53.8 Å². The number of aliphatic hydroxyl groups is 1. The maximum Gasteiger partial charge on any atom is 0.251 e. The number of amides is 1. The number of pyridine rings is 1. The Morgan fingerprint density at radius 2 is 2.10 bits per heavy atom. The Bertz CT molecular complexity index is 1190. The van der Waals surface area contributed by atoms with Gasteiger partial charge in [0, 0.05) is 41.8 Å². The van der Waals surface area contributed by atoms with Crippen molar-refractivity contribution in [1.82, 2.24) is 14.9 Å². The quantitative estimate of drug-likeness (QED) is 0.527. The second kappa shape index (κ2) is 8.61. The molecule has 3 aromatic rings. The number of fused-ring (bicyclic) bond motifs is 1. The summed E-state index contributed by atoms with van der Waals surface area (Å²) in [6.45, 7) is 4.40. The summed E-state index contributed by atoms with van der Waals surface area (Å²) in [5, 5.41) is 10.9. The average Bonchev–Trinajstić information content (AvgIpc) is 3.19. The number of aromatic amines is 1. The van der Waals surface area contributed by atoms with Gasteiger partial charge in [-0.25, -0.2) is 9.37 Å². The highest BCUT2D eigenvalue weighted by atomic mass is 35.5. The Kier molecular flexibility index (Phi) is 6.06. The summed E-state index contributed by atoms with van der Waals surface area (Å²) in [7, 11) is 0. The predicted octanol–water partition coefficient (Wildman–Crippen LogP) is 5.16. The monoisotopic (exact) mass is 461 g/mol. The minimum Gasteiger partial charge on any atom is -0.384 e. The van der Waals surface area contributed by atoms with Gasteiger partial charge in [0.2, 0.25) is 0 Å². The molecule has 1 aliphatic heterocycles. The number of aliphatic hydroxyl groups excluding tert-OH is 1. The van der Waals surface area contributed by atoms with Crippen molar-refractivity contribution < 1.29 is 14.3 Å². The molecule has 0 aliphatic carbocycles. The maximum absolute atomic E-state index is 14.1. The smallest absolute Gasteiger partial charge is 0.251 e. The molecular weight excluding hydrogens is 440 g/mol. The molecule has 1 unspecified atom stereocenters. The number of benzene rings is 1. The highest BCUT2D eigenvalue weighted by Gasteiger charge is 2.24. The van der Waals surface area contributed by atoms with E-state index >= 15 is 0 Å². The second-order valence-corrected chi connectivity index (χ2v) is 8.57. The maximum atomic E-state index is 14.1. The molecule has 0 spiro atoms. The summed E-state index contributed by atoms with van der Waals surface area (Å²) in [5.74, 6) is -1.02. The first kappa shape index (κ1) is 21.8. The number of aromatic nitrogens is 2. The lowest BCUT2D eigenvalue weighted by Crippen LogP contribution is -2.40. The van der Waals surface area contributed by atoms with Crippen molar-refractivity contribution in [3.05, 3.63) is 69.2 Å². The van der Waals surface area contributed by atoms with E-state index < -0.39 is 11.9 Å². The molecule has 2 atom stereocenters. The van der Waals surface area contributed by atoms with Gasteiger partial charge < -0.3 is 15.0 Å². The first-order chi connectivity index (χ1) is 14.8. The normalized spacial score (nSPS) is 16.3. The number of carbonyl (C=O) groups is 1. The first-order valence-corrected chi connectivity index (χ1v) is 10.8. The molecular formula is C23H22Cl2FN3O2. The Morgan fingerprint density at radius 3 is 2.77 bits per heavy atom. The Hall–Kier alpha value is -2.41. The zero-order chi connectivity index (χ0) is 22.3. The summed E-state index contributed by atoms with van der Waals surface area (Å²) in [4.78, 5) is 21.3. The minimum absolute atomic E-state index is 0.0244. The topological polar surface area (TPSA) is 69.2 Å². The summed E-state index contributed by atoms with van der Waals surface area (Å²) in [6.07, 6.45) is 5.30. The number of hydrogen-bond donors (Lipinski definition) is 2. The third-order valence-corrected chi connectivity index (χ3v) is 6.50. The Morgan fingerprint density at radius 1 is 1.32 bits per heavy atom. The van der Waals surface area contributed by atoms with Gasteiger partial charge >= 0.3 is 0 Å². The number of nitrogens with one attached hydrogen (secondary N) is 1. The number of halogens is 3. The van der Waals surface area contributed by atoms with E-state index in [1.54, 1.807) is 11.1 Å². The van der Waals surface area contributed by atoms with Gasteiger partial charge in [-0.1, -0.05) is 36.2 Å². The van der Waals surface area contributed by atoms with Crippen LogP contribution in [-0.4, -0.2) is 45.1 Å². The molecule has 2 N–H and O–H groups in total. The number of H-pyrrole nitrogens is 1. The number of hydrogen-bond acceptors (Lipinski definition) is 3. The van der Waals surface area contributed by atoms with Crippen molar-refractivity contribution in [1.29, 1.82) is 0 Å². The van der Waals surface area contributed by atoms with Crippen LogP contribution in [0.4, 0.5) is 4.39 Å². The number of rotatable bonds is 4. The molecule has 0 fully saturated rings. The molecule has 3 heterocycles. The van der Waals surface area contributed by atoms with Crippen LogP contribution >= 0.6 is 23.2 Å². The van der Waals surface area contributed by atoms with Gasteiger partial charge in [0.25, 0.3) is 5.91 Å². The molecule has 0 saturated heterocycles. The molecule has 0 radical (unpaired) electrons. The van der Waals surface area contributed by atoms with Crippen LogP contribution in [0.5, 0.6) is 0 Å². The van der Waals surface area contributed by atoms with Crippen LogP contribution in [0.15, 0.2) is 36.7 Å². The van der Waals surface area contributed by atoms with Gasteiger partial charge in [0.1, 0.15) is 17.6 Å². The van der Waals surface area contributed by atoms with Crippen molar-refractivity contribution in [2.24, 2.45) is 0 Å². The summed E-state index contributed by atoms with van der Waals surface area (Å²) in [6, 6.07) is 4.82. The van der Waals surface area contributed by atoms with Crippen molar-refractivity contribution in [3.8, 4) is 0 Å². The molecule has 8 heteroatoms. The SMILES string of the molecule is CC(c1c(Cl)ccc(F)c1Cl)c1c[nH]c2ncc(C3=CCN(C(=O)[C@H](C)O)CC3)cc12. The summed E-state index contributed by atoms with van der Waals surface area (Å²) < 4.78 is 14.1. The van der Waals surface area contributed by atoms with Crippen LogP contribution in [0.1, 0.15) is 42.9 Å². The number of nitrogens with zero attached hydrogens (tertiary/aromatic N) is 2. The van der Waals surface area contributed by atoms with Crippen molar-refractivity contribution in [3.63, 3.8) is 0 Å². The van der Waals surface area contributed by atoms with Gasteiger partial charge in [0.05, 0.1) is 5.02 Å². The van der Waals surface area contributed by atoms with E-state index in [4.69, 9.17) is 23.2 Å². The average molecular weight is 462 g/mol. The molecule has 1 aliphatic rings. The van der Waals surface area contributed by atoms with E-state index in [-0.39, 0.29) is 16.8 Å². The zero-order valence-electron chi connectivity index (χ0n) is 17.1. The van der Waals surface area contributed by atoms with Gasteiger partial charge in [0.15, 0.2) is 0 Å². The number of carbonyl (C=O) groups excluding carboxylic acids is 1. The molecule has 31 heavy (non-hydrogen) atoms. The molecule has 4 rings (SSSR count). The van der Waals surface area contributed by atoms with E-state index in [9.17, 15) is 14.3 Å². The van der Waals surface area contributed by atoms with E-state index in [2.05, 4.69) is 9.97 Å². The van der Waals surface area contributed by atoms with Crippen LogP contribution in [0.25, 0.3) is 16.6 Å². The van der Waals surface area contributed by atoms with E-state index in [1.807, 2.05) is 25.3 Å². The fraction of sp³-hybridized carbons (Fsp3) is 0.304. The van der Waals surface area contributed by atoms with Crippen LogP contribution < -0.4 is 0 Å². The van der Waals surface area contributed by atoms with Gasteiger partial charge in [-0.2, -0.15) is 0 Å². The second-order valence-electron chi connectivity index (χ2n) is 7.78. The fourth-order valence-corrected chi connectivity index (χ4v) is 4.75. The molecule has 0 saturated carbocycles. The van der Waals surface area contributed by atoms with Crippen LogP contribution in [0, 0.1) is 5.82 Å². The van der Waals surface area contributed by atoms with Gasteiger partial charge in [-0.3, -0.25) is 4.79 Å². The van der Waals surface area contributed by atoms with Crippen molar-refractivity contribution in [2.75, 3.05) is 13.1 Å². The standard InChI is InChI=1S/C23H22Cl2FN3O2/c1-12(20-18(24)3-4-19(26)21(20)25)17-11-28-22-16(17)9-15(10-27-22)14-5-7-29(8-6-14)23(31)13(2)30/h3-5,9-13,30H,6-8H2,1-2H3,(H,27,28)/t12?,13-/m0/s1. The van der Waals surface area contributed by atoms with E-state index in [0.29, 0.717) is 30.1 Å². The summed E-state index contributed by atoms with van der Waals surface area (Å²) >= 11 is 12.6. The summed E-state index contributed by atoms with van der Waals surface area (Å²) in [5.41, 5.74) is 4.23. The van der Waals surface area contributed by atoms with E-state index in [1.165, 1.54) is 19.1 Å². The molecule has 2 aromatic heterocycles. The van der Waals surface area contributed by atoms with Gasteiger partial charge in [-0.15, -0.1) is 0 Å². The lowest BCUT2D eigenvalue weighted by Gasteiger charge is -2.27. The Balaban J connectivity index is 1.68. The third kappa shape index (κ3) is 4.07. The highest BCUT2D eigenvalue weighted by Crippen LogP contribution is 2.39. The lowest BCUT2D eigenvalue weighted by molar-refractivity contribution is -0.138. The molecule has 1 aromatic carbocycles. The Labute approximate surface area is 189 Å². The first-order valence-electron chi connectivity index (χ1n) is 10.0. The molecule has 1 amide bonds. The fourth-order valence-electron chi connectivity index (χ4n) is 4.05. The highest BCUT2D eigenvalue weighted by molar-refractivity contribution is 6.36. The van der Waals surface area contributed by atoms with Crippen molar-refractivity contribution >= 4 is 45.7 Å². The van der Waals surface area contributed by atoms with Crippen LogP contribution in [0.3, 0.4) is 0 Å². The molecule has 5 nitrogen and oxygen atoms in total. The van der Waals surface area contributed by atoms with Crippen LogP contribution in [0.2, 0.25) is 10.0 Å².